The normalized spacial score (nSPS) is 17.1. The number of amides is 1. The number of fused-ring (bicyclic) bond motifs is 1. The molecule has 0 saturated carbocycles. The lowest BCUT2D eigenvalue weighted by Crippen LogP contribution is -2.29. The number of anilines is 1. The SMILES string of the molecule is CCOc1ccc(C2/C(=C(\O)c3cc(C)ccc3C)C(=O)C(=O)N2c2nc3c(C)cc(C)cc3s2)cc1. The van der Waals surface area contributed by atoms with Gasteiger partial charge in [0, 0.05) is 5.56 Å². The van der Waals surface area contributed by atoms with Crippen molar-refractivity contribution in [3.63, 3.8) is 0 Å². The fraction of sp³-hybridized carbons (Fsp3) is 0.233. The summed E-state index contributed by atoms with van der Waals surface area (Å²) >= 11 is 1.37. The molecule has 0 bridgehead atoms. The molecule has 5 rings (SSSR count). The Labute approximate surface area is 219 Å². The standard InChI is InChI=1S/C30H28N2O4S/c1-6-36-21-11-9-20(10-12-21)26-24(27(33)22-14-16(2)7-8-18(22)4)28(34)29(35)32(26)30-31-25-19(5)13-17(3)15-23(25)37-30/h7-15,26,33H,6H2,1-5H3/b27-24+. The molecule has 2 heterocycles. The minimum Gasteiger partial charge on any atom is -0.507 e. The summed E-state index contributed by atoms with van der Waals surface area (Å²) in [5, 5.41) is 11.9. The van der Waals surface area contributed by atoms with Crippen molar-refractivity contribution in [1.82, 2.24) is 4.98 Å². The molecule has 1 saturated heterocycles. The molecule has 7 heteroatoms. The van der Waals surface area contributed by atoms with Crippen LogP contribution in [0.3, 0.4) is 0 Å². The molecule has 4 aromatic rings. The Morgan fingerprint density at radius 3 is 2.41 bits per heavy atom. The zero-order valence-electron chi connectivity index (χ0n) is 21.5. The van der Waals surface area contributed by atoms with Crippen LogP contribution in [-0.2, 0) is 9.59 Å². The number of ether oxygens (including phenoxy) is 1. The van der Waals surface area contributed by atoms with E-state index in [2.05, 4.69) is 0 Å². The number of aliphatic hydroxyl groups is 1. The largest absolute Gasteiger partial charge is 0.507 e. The minimum absolute atomic E-state index is 0.0509. The number of aliphatic hydroxyl groups excluding tert-OH is 1. The zero-order valence-corrected chi connectivity index (χ0v) is 22.3. The molecule has 3 aromatic carbocycles. The topological polar surface area (TPSA) is 79.7 Å². The highest BCUT2D eigenvalue weighted by Crippen LogP contribution is 2.45. The lowest BCUT2D eigenvalue weighted by Gasteiger charge is -2.23. The van der Waals surface area contributed by atoms with E-state index in [9.17, 15) is 14.7 Å². The highest BCUT2D eigenvalue weighted by molar-refractivity contribution is 7.22. The first kappa shape index (κ1) is 24.7. The summed E-state index contributed by atoms with van der Waals surface area (Å²) < 4.78 is 6.53. The minimum atomic E-state index is -0.836. The molecule has 0 aliphatic carbocycles. The molecule has 1 unspecified atom stereocenters. The maximum Gasteiger partial charge on any atom is 0.301 e. The molecule has 188 valence electrons. The number of hydrogen-bond acceptors (Lipinski definition) is 6. The van der Waals surface area contributed by atoms with Crippen LogP contribution in [0.5, 0.6) is 5.75 Å². The van der Waals surface area contributed by atoms with E-state index in [1.807, 2.05) is 89.2 Å². The van der Waals surface area contributed by atoms with Gasteiger partial charge in [0.15, 0.2) is 5.13 Å². The second-order valence-corrected chi connectivity index (χ2v) is 10.4. The Morgan fingerprint density at radius 2 is 1.70 bits per heavy atom. The van der Waals surface area contributed by atoms with Crippen LogP contribution in [0.1, 0.15) is 46.3 Å². The predicted octanol–water partition coefficient (Wildman–Crippen LogP) is 6.55. The number of nitrogens with zero attached hydrogens (tertiary/aromatic N) is 2. The summed E-state index contributed by atoms with van der Waals surface area (Å²) in [4.78, 5) is 33.3. The van der Waals surface area contributed by atoms with Crippen LogP contribution in [0.25, 0.3) is 16.0 Å². The maximum atomic E-state index is 13.6. The van der Waals surface area contributed by atoms with E-state index in [-0.39, 0.29) is 11.3 Å². The van der Waals surface area contributed by atoms with Gasteiger partial charge in [0.05, 0.1) is 28.4 Å². The number of thiazole rings is 1. The molecule has 1 amide bonds. The van der Waals surface area contributed by atoms with Gasteiger partial charge >= 0.3 is 5.91 Å². The molecule has 6 nitrogen and oxygen atoms in total. The monoisotopic (exact) mass is 512 g/mol. The fourth-order valence-corrected chi connectivity index (χ4v) is 6.02. The van der Waals surface area contributed by atoms with Crippen molar-refractivity contribution < 1.29 is 19.4 Å². The third-order valence-corrected chi connectivity index (χ3v) is 7.63. The van der Waals surface area contributed by atoms with Crippen molar-refractivity contribution >= 4 is 44.1 Å². The van der Waals surface area contributed by atoms with E-state index in [4.69, 9.17) is 9.72 Å². The molecule has 1 aliphatic rings. The number of Topliss-reactive ketones (excluding diaryl/α,β-unsaturated/α-hetero) is 1. The Morgan fingerprint density at radius 1 is 0.973 bits per heavy atom. The van der Waals surface area contributed by atoms with Gasteiger partial charge in [-0.25, -0.2) is 4.98 Å². The molecule has 1 aliphatic heterocycles. The van der Waals surface area contributed by atoms with Gasteiger partial charge in [0.1, 0.15) is 11.5 Å². The highest BCUT2D eigenvalue weighted by Gasteiger charge is 2.48. The van der Waals surface area contributed by atoms with Crippen molar-refractivity contribution in [2.24, 2.45) is 0 Å². The smallest absolute Gasteiger partial charge is 0.301 e. The summed E-state index contributed by atoms with van der Waals surface area (Å²) in [5.74, 6) is -0.943. The number of hydrogen-bond donors (Lipinski definition) is 1. The molecule has 1 fully saturated rings. The van der Waals surface area contributed by atoms with Crippen LogP contribution in [0.15, 0.2) is 60.2 Å². The molecule has 1 aromatic heterocycles. The van der Waals surface area contributed by atoms with Gasteiger partial charge in [-0.2, -0.15) is 0 Å². The number of rotatable bonds is 5. The van der Waals surface area contributed by atoms with Crippen molar-refractivity contribution in [3.8, 4) is 5.75 Å². The first-order valence-electron chi connectivity index (χ1n) is 12.2. The van der Waals surface area contributed by atoms with Crippen LogP contribution >= 0.6 is 11.3 Å². The molecular weight excluding hydrogens is 484 g/mol. The van der Waals surface area contributed by atoms with Crippen LogP contribution < -0.4 is 9.64 Å². The Balaban J connectivity index is 1.74. The van der Waals surface area contributed by atoms with E-state index in [1.165, 1.54) is 16.2 Å². The highest BCUT2D eigenvalue weighted by atomic mass is 32.1. The van der Waals surface area contributed by atoms with Crippen molar-refractivity contribution in [2.45, 2.75) is 40.7 Å². The molecular formula is C30H28N2O4S. The third kappa shape index (κ3) is 4.29. The van der Waals surface area contributed by atoms with E-state index in [0.717, 1.165) is 32.5 Å². The average Bonchev–Trinajstić information content (AvgIpc) is 3.39. The summed E-state index contributed by atoms with van der Waals surface area (Å²) in [5.41, 5.74) is 5.91. The van der Waals surface area contributed by atoms with E-state index in [1.54, 1.807) is 0 Å². The first-order valence-corrected chi connectivity index (χ1v) is 13.0. The van der Waals surface area contributed by atoms with Gasteiger partial charge in [0.25, 0.3) is 5.78 Å². The van der Waals surface area contributed by atoms with Crippen LogP contribution in [0, 0.1) is 27.7 Å². The summed E-state index contributed by atoms with van der Waals surface area (Å²) in [6.07, 6.45) is 0. The quantitative estimate of drug-likeness (QED) is 0.186. The zero-order chi connectivity index (χ0) is 26.4. The molecule has 0 spiro atoms. The van der Waals surface area contributed by atoms with Crippen LogP contribution in [0.4, 0.5) is 5.13 Å². The van der Waals surface area contributed by atoms with Crippen molar-refractivity contribution in [1.29, 1.82) is 0 Å². The van der Waals surface area contributed by atoms with Gasteiger partial charge in [-0.15, -0.1) is 0 Å². The summed E-state index contributed by atoms with van der Waals surface area (Å²) in [6.45, 7) is 10.2. The van der Waals surface area contributed by atoms with Crippen LogP contribution in [-0.4, -0.2) is 28.4 Å². The molecule has 1 atom stereocenters. The first-order chi connectivity index (χ1) is 17.7. The lowest BCUT2D eigenvalue weighted by molar-refractivity contribution is -0.132. The Hall–Kier alpha value is -3.97. The van der Waals surface area contributed by atoms with Gasteiger partial charge in [-0.05, 0) is 81.1 Å². The van der Waals surface area contributed by atoms with Gasteiger partial charge in [-0.3, -0.25) is 14.5 Å². The number of benzene rings is 3. The average molecular weight is 513 g/mol. The maximum absolute atomic E-state index is 13.6. The number of carbonyl (C=O) groups is 2. The molecule has 37 heavy (non-hydrogen) atoms. The van der Waals surface area contributed by atoms with Crippen molar-refractivity contribution in [2.75, 3.05) is 11.5 Å². The third-order valence-electron chi connectivity index (χ3n) is 6.62. The number of aromatic nitrogens is 1. The summed E-state index contributed by atoms with van der Waals surface area (Å²) in [6, 6.07) is 16.2. The second-order valence-electron chi connectivity index (χ2n) is 9.41. The second kappa shape index (κ2) is 9.48. The Kier molecular flexibility index (Phi) is 6.33. The van der Waals surface area contributed by atoms with Crippen molar-refractivity contribution in [3.05, 3.63) is 93.6 Å². The predicted molar refractivity (Wildman–Crippen MR) is 147 cm³/mol. The van der Waals surface area contributed by atoms with E-state index < -0.39 is 17.7 Å². The number of aryl methyl sites for hydroxylation is 4. The summed E-state index contributed by atoms with van der Waals surface area (Å²) in [7, 11) is 0. The van der Waals surface area contributed by atoms with Gasteiger partial charge in [0.2, 0.25) is 0 Å². The fourth-order valence-electron chi connectivity index (χ4n) is 4.86. The van der Waals surface area contributed by atoms with E-state index >= 15 is 0 Å². The van der Waals surface area contributed by atoms with Gasteiger partial charge < -0.3 is 9.84 Å². The number of ketones is 1. The van der Waals surface area contributed by atoms with Gasteiger partial charge in [-0.1, -0.05) is 47.2 Å². The Bertz CT molecular complexity index is 1580. The van der Waals surface area contributed by atoms with Crippen LogP contribution in [0.2, 0.25) is 0 Å². The molecule has 1 N–H and O–H groups in total. The van der Waals surface area contributed by atoms with E-state index in [0.29, 0.717) is 28.6 Å². The number of carbonyl (C=O) groups excluding carboxylic acids is 2. The lowest BCUT2D eigenvalue weighted by atomic mass is 9.93. The molecule has 0 radical (unpaired) electrons.